The van der Waals surface area contributed by atoms with Gasteiger partial charge in [0.25, 0.3) is 0 Å². The van der Waals surface area contributed by atoms with Crippen LogP contribution >= 0.6 is 0 Å². The molecule has 0 radical (unpaired) electrons. The number of fused-ring (bicyclic) bond motifs is 1. The molecule has 0 saturated heterocycles. The predicted octanol–water partition coefficient (Wildman–Crippen LogP) is 2.70. The summed E-state index contributed by atoms with van der Waals surface area (Å²) in [6.45, 7) is 6.54. The molecule has 23 heavy (non-hydrogen) atoms. The monoisotopic (exact) mass is 312 g/mol. The average Bonchev–Trinajstić information content (AvgIpc) is 2.90. The number of hydrogen-bond acceptors (Lipinski definition) is 3. The van der Waals surface area contributed by atoms with E-state index in [1.165, 1.54) is 0 Å². The van der Waals surface area contributed by atoms with Crippen molar-refractivity contribution in [3.05, 3.63) is 42.2 Å². The van der Waals surface area contributed by atoms with Gasteiger partial charge in [0.15, 0.2) is 0 Å². The molecule has 0 fully saturated rings. The Bertz CT molecular complexity index is 694. The van der Waals surface area contributed by atoms with Crippen molar-refractivity contribution in [2.45, 2.75) is 26.8 Å². The Morgan fingerprint density at radius 1 is 1.26 bits per heavy atom. The number of rotatable bonds is 3. The molecule has 1 aliphatic rings. The zero-order valence-corrected chi connectivity index (χ0v) is 14.1. The lowest BCUT2D eigenvalue weighted by Crippen LogP contribution is -2.35. The molecule has 1 atom stereocenters. The summed E-state index contributed by atoms with van der Waals surface area (Å²) in [5.74, 6) is 0.594. The summed E-state index contributed by atoms with van der Waals surface area (Å²) in [4.78, 5) is 17.0. The van der Waals surface area contributed by atoms with E-state index in [1.807, 2.05) is 47.1 Å². The van der Waals surface area contributed by atoms with E-state index in [0.717, 1.165) is 30.0 Å². The molecule has 3 rings (SSSR count). The molecule has 2 aromatic rings. The molecule has 0 spiro atoms. The van der Waals surface area contributed by atoms with E-state index in [9.17, 15) is 4.79 Å². The van der Waals surface area contributed by atoms with Gasteiger partial charge < -0.3 is 9.80 Å². The minimum Gasteiger partial charge on any atom is -0.373 e. The normalized spacial score (nSPS) is 17.8. The molecular formula is C18H24N4O. The van der Waals surface area contributed by atoms with Gasteiger partial charge in [0.2, 0.25) is 5.91 Å². The highest BCUT2D eigenvalue weighted by atomic mass is 16.2. The van der Waals surface area contributed by atoms with Crippen molar-refractivity contribution in [1.29, 1.82) is 0 Å². The summed E-state index contributed by atoms with van der Waals surface area (Å²) in [6.07, 6.45) is 4.26. The molecule has 2 heterocycles. The molecule has 1 aliphatic heterocycles. The van der Waals surface area contributed by atoms with E-state index in [1.54, 1.807) is 0 Å². The Morgan fingerprint density at radius 2 is 2.00 bits per heavy atom. The number of nitrogens with zero attached hydrogens (tertiary/aromatic N) is 4. The lowest BCUT2D eigenvalue weighted by atomic mass is 10.1. The first-order chi connectivity index (χ1) is 11.0. The standard InChI is InChI=1S/C18H24N4O/c1-14-10-19-21(12-14)9-8-18(23)22-13-15(2)11-20(3)16-6-4-5-7-17(16)22/h4-7,10,12,15H,8-9,11,13H2,1-3H3. The number of aryl methyl sites for hydroxylation is 2. The van der Waals surface area contributed by atoms with Gasteiger partial charge in [-0.2, -0.15) is 5.10 Å². The van der Waals surface area contributed by atoms with Gasteiger partial charge in [-0.25, -0.2) is 0 Å². The molecule has 1 amide bonds. The van der Waals surface area contributed by atoms with Crippen LogP contribution in [0.15, 0.2) is 36.7 Å². The van der Waals surface area contributed by atoms with Crippen LogP contribution in [0.1, 0.15) is 18.9 Å². The molecule has 1 aromatic heterocycles. The van der Waals surface area contributed by atoms with Crippen LogP contribution in [0, 0.1) is 12.8 Å². The Morgan fingerprint density at radius 3 is 2.70 bits per heavy atom. The Hall–Kier alpha value is -2.30. The van der Waals surface area contributed by atoms with Gasteiger partial charge in [0.1, 0.15) is 0 Å². The maximum atomic E-state index is 12.8. The number of anilines is 2. The van der Waals surface area contributed by atoms with Gasteiger partial charge in [-0.15, -0.1) is 0 Å². The van der Waals surface area contributed by atoms with Crippen molar-refractivity contribution in [2.24, 2.45) is 5.92 Å². The fourth-order valence-electron chi connectivity index (χ4n) is 3.22. The van der Waals surface area contributed by atoms with E-state index in [0.29, 0.717) is 18.9 Å². The van der Waals surface area contributed by atoms with Crippen LogP contribution in [0.2, 0.25) is 0 Å². The van der Waals surface area contributed by atoms with E-state index >= 15 is 0 Å². The molecule has 0 aliphatic carbocycles. The smallest absolute Gasteiger partial charge is 0.228 e. The zero-order chi connectivity index (χ0) is 16.4. The SMILES string of the molecule is Cc1cnn(CCC(=O)N2CC(C)CN(C)c3ccccc32)c1. The zero-order valence-electron chi connectivity index (χ0n) is 14.1. The molecule has 0 saturated carbocycles. The third-order valence-corrected chi connectivity index (χ3v) is 4.28. The van der Waals surface area contributed by atoms with Crippen molar-refractivity contribution < 1.29 is 4.79 Å². The molecule has 0 N–H and O–H groups in total. The minimum atomic E-state index is 0.160. The largest absolute Gasteiger partial charge is 0.373 e. The second-order valence-electron chi connectivity index (χ2n) is 6.51. The van der Waals surface area contributed by atoms with Crippen LogP contribution in [0.25, 0.3) is 0 Å². The quantitative estimate of drug-likeness (QED) is 0.875. The second-order valence-corrected chi connectivity index (χ2v) is 6.51. The summed E-state index contributed by atoms with van der Waals surface area (Å²) < 4.78 is 1.84. The van der Waals surface area contributed by atoms with Crippen molar-refractivity contribution >= 4 is 17.3 Å². The van der Waals surface area contributed by atoms with Gasteiger partial charge >= 0.3 is 0 Å². The van der Waals surface area contributed by atoms with E-state index < -0.39 is 0 Å². The van der Waals surface area contributed by atoms with Crippen molar-refractivity contribution in [2.75, 3.05) is 29.9 Å². The summed E-state index contributed by atoms with van der Waals surface area (Å²) in [5, 5.41) is 4.26. The van der Waals surface area contributed by atoms with E-state index in [2.05, 4.69) is 30.0 Å². The summed E-state index contributed by atoms with van der Waals surface area (Å²) in [7, 11) is 2.09. The lowest BCUT2D eigenvalue weighted by Gasteiger charge is -2.24. The maximum Gasteiger partial charge on any atom is 0.228 e. The first kappa shape index (κ1) is 15.6. The van der Waals surface area contributed by atoms with Gasteiger partial charge in [-0.1, -0.05) is 19.1 Å². The van der Waals surface area contributed by atoms with Crippen LogP contribution in [-0.4, -0.2) is 35.8 Å². The number of para-hydroxylation sites is 2. The summed E-state index contributed by atoms with van der Waals surface area (Å²) in [6, 6.07) is 8.16. The first-order valence-corrected chi connectivity index (χ1v) is 8.14. The lowest BCUT2D eigenvalue weighted by molar-refractivity contribution is -0.119. The second kappa shape index (κ2) is 6.44. The van der Waals surface area contributed by atoms with Gasteiger partial charge in [0, 0.05) is 39.3 Å². The number of benzene rings is 1. The highest BCUT2D eigenvalue weighted by Gasteiger charge is 2.26. The molecular weight excluding hydrogens is 288 g/mol. The van der Waals surface area contributed by atoms with Gasteiger partial charge in [0.05, 0.1) is 17.6 Å². The fourth-order valence-corrected chi connectivity index (χ4v) is 3.22. The Kier molecular flexibility index (Phi) is 4.37. The number of carbonyl (C=O) groups excluding carboxylic acids is 1. The maximum absolute atomic E-state index is 12.8. The van der Waals surface area contributed by atoms with Crippen LogP contribution < -0.4 is 9.80 Å². The van der Waals surface area contributed by atoms with Gasteiger partial charge in [-0.05, 0) is 30.5 Å². The molecule has 5 nitrogen and oxygen atoms in total. The minimum absolute atomic E-state index is 0.160. The molecule has 1 unspecified atom stereocenters. The number of carbonyl (C=O) groups is 1. The molecule has 5 heteroatoms. The van der Waals surface area contributed by atoms with Crippen molar-refractivity contribution in [3.63, 3.8) is 0 Å². The average molecular weight is 312 g/mol. The molecule has 1 aromatic carbocycles. The van der Waals surface area contributed by atoms with E-state index in [4.69, 9.17) is 0 Å². The van der Waals surface area contributed by atoms with Crippen LogP contribution in [0.4, 0.5) is 11.4 Å². The van der Waals surface area contributed by atoms with Gasteiger partial charge in [-0.3, -0.25) is 9.48 Å². The Labute approximate surface area is 137 Å². The molecule has 122 valence electrons. The van der Waals surface area contributed by atoms with Crippen LogP contribution in [0.3, 0.4) is 0 Å². The van der Waals surface area contributed by atoms with E-state index in [-0.39, 0.29) is 5.91 Å². The van der Waals surface area contributed by atoms with Crippen molar-refractivity contribution in [1.82, 2.24) is 9.78 Å². The predicted molar refractivity (Wildman–Crippen MR) is 92.8 cm³/mol. The number of hydrogen-bond donors (Lipinski definition) is 0. The topological polar surface area (TPSA) is 41.4 Å². The van der Waals surface area contributed by atoms with Crippen LogP contribution in [0.5, 0.6) is 0 Å². The third kappa shape index (κ3) is 3.38. The van der Waals surface area contributed by atoms with Crippen molar-refractivity contribution in [3.8, 4) is 0 Å². The summed E-state index contributed by atoms with van der Waals surface area (Å²) >= 11 is 0. The number of amides is 1. The fraction of sp³-hybridized carbons (Fsp3) is 0.444. The first-order valence-electron chi connectivity index (χ1n) is 8.14. The Balaban J connectivity index is 1.79. The number of aromatic nitrogens is 2. The molecule has 0 bridgehead atoms. The van der Waals surface area contributed by atoms with Crippen LogP contribution in [-0.2, 0) is 11.3 Å². The summed E-state index contributed by atoms with van der Waals surface area (Å²) in [5.41, 5.74) is 3.26. The third-order valence-electron chi connectivity index (χ3n) is 4.28. The highest BCUT2D eigenvalue weighted by molar-refractivity contribution is 5.97. The highest BCUT2D eigenvalue weighted by Crippen LogP contribution is 2.32.